The summed E-state index contributed by atoms with van der Waals surface area (Å²) in [6, 6.07) is 11.1. The first kappa shape index (κ1) is 18.6. The van der Waals surface area contributed by atoms with Gasteiger partial charge in [0.2, 0.25) is 0 Å². The number of nitroso groups, excluding NO2 is 1. The number of benzene rings is 1. The monoisotopic (exact) mass is 387 g/mol. The molecule has 2 atom stereocenters. The molecule has 2 aromatic rings. The maximum Gasteiger partial charge on any atom is 0.137 e. The van der Waals surface area contributed by atoms with Crippen LogP contribution in [0.1, 0.15) is 25.3 Å². The second-order valence-corrected chi connectivity index (χ2v) is 7.06. The predicted molar refractivity (Wildman–Crippen MR) is 108 cm³/mol. The molecular formula is C20H19Cl2N3O. The Morgan fingerprint density at radius 3 is 2.65 bits per heavy atom. The Labute approximate surface area is 162 Å². The van der Waals surface area contributed by atoms with Gasteiger partial charge in [0.05, 0.1) is 0 Å². The van der Waals surface area contributed by atoms with Gasteiger partial charge in [-0.05, 0) is 49.2 Å². The van der Waals surface area contributed by atoms with Gasteiger partial charge in [-0.1, -0.05) is 53.5 Å². The molecule has 134 valence electrons. The zero-order valence-electron chi connectivity index (χ0n) is 14.3. The molecule has 0 saturated heterocycles. The van der Waals surface area contributed by atoms with Gasteiger partial charge in [0.1, 0.15) is 11.4 Å². The van der Waals surface area contributed by atoms with E-state index in [9.17, 15) is 4.91 Å². The van der Waals surface area contributed by atoms with Crippen LogP contribution < -0.4 is 5.32 Å². The highest BCUT2D eigenvalue weighted by Gasteiger charge is 2.41. The molecule has 1 aromatic carbocycles. The average Bonchev–Trinajstić information content (AvgIpc) is 2.67. The van der Waals surface area contributed by atoms with Gasteiger partial charge in [0.15, 0.2) is 0 Å². The highest BCUT2D eigenvalue weighted by Crippen LogP contribution is 2.44. The molecule has 0 spiro atoms. The first-order chi connectivity index (χ1) is 12.6. The Morgan fingerprint density at radius 1 is 1.27 bits per heavy atom. The van der Waals surface area contributed by atoms with Gasteiger partial charge in [-0.3, -0.25) is 0 Å². The summed E-state index contributed by atoms with van der Waals surface area (Å²) in [6.07, 6.45) is 8.62. The Balaban J connectivity index is 2.01. The molecule has 1 heterocycles. The normalized spacial score (nSPS) is 18.7. The van der Waals surface area contributed by atoms with Gasteiger partial charge in [0.25, 0.3) is 0 Å². The highest BCUT2D eigenvalue weighted by atomic mass is 35.5. The summed E-state index contributed by atoms with van der Waals surface area (Å²) in [7, 11) is 0. The second kappa shape index (κ2) is 8.02. The molecular weight excluding hydrogens is 369 g/mol. The van der Waals surface area contributed by atoms with Crippen LogP contribution in [0.25, 0.3) is 0 Å². The molecule has 1 aromatic heterocycles. The van der Waals surface area contributed by atoms with E-state index < -0.39 is 5.54 Å². The first-order valence-corrected chi connectivity index (χ1v) is 9.21. The van der Waals surface area contributed by atoms with E-state index in [0.29, 0.717) is 28.7 Å². The minimum absolute atomic E-state index is 0.0810. The number of halogens is 2. The van der Waals surface area contributed by atoms with Gasteiger partial charge in [-0.25, -0.2) is 4.98 Å². The summed E-state index contributed by atoms with van der Waals surface area (Å²) < 4.78 is 0. The molecule has 2 unspecified atom stereocenters. The van der Waals surface area contributed by atoms with Crippen molar-refractivity contribution in [3.05, 3.63) is 81.3 Å². The number of hydrogen-bond acceptors (Lipinski definition) is 4. The van der Waals surface area contributed by atoms with E-state index in [1.54, 1.807) is 18.3 Å². The van der Waals surface area contributed by atoms with Crippen molar-refractivity contribution in [3.8, 4) is 0 Å². The summed E-state index contributed by atoms with van der Waals surface area (Å²) >= 11 is 12.0. The Bertz CT molecular complexity index is 848. The Morgan fingerprint density at radius 2 is 2.04 bits per heavy atom. The van der Waals surface area contributed by atoms with Gasteiger partial charge < -0.3 is 5.32 Å². The van der Waals surface area contributed by atoms with Crippen LogP contribution in [0.5, 0.6) is 0 Å². The van der Waals surface area contributed by atoms with Crippen molar-refractivity contribution in [2.75, 3.05) is 5.32 Å². The lowest BCUT2D eigenvalue weighted by Crippen LogP contribution is -2.33. The average molecular weight is 388 g/mol. The summed E-state index contributed by atoms with van der Waals surface area (Å²) in [5.74, 6) is 0.535. The quantitative estimate of drug-likeness (QED) is 0.571. The number of hydrogen-bond donors (Lipinski definition) is 1. The maximum atomic E-state index is 12.1. The van der Waals surface area contributed by atoms with Crippen LogP contribution in [0, 0.1) is 10.8 Å². The van der Waals surface area contributed by atoms with Crippen molar-refractivity contribution in [3.63, 3.8) is 0 Å². The highest BCUT2D eigenvalue weighted by molar-refractivity contribution is 6.31. The Kier molecular flexibility index (Phi) is 5.74. The molecule has 1 aliphatic rings. The lowest BCUT2D eigenvalue weighted by atomic mass is 9.74. The van der Waals surface area contributed by atoms with Gasteiger partial charge >= 0.3 is 0 Å². The van der Waals surface area contributed by atoms with Crippen LogP contribution in [0.15, 0.2) is 71.0 Å². The van der Waals surface area contributed by atoms with Crippen LogP contribution in [0.3, 0.4) is 0 Å². The van der Waals surface area contributed by atoms with Gasteiger partial charge in [-0.15, -0.1) is 4.91 Å². The van der Waals surface area contributed by atoms with Crippen molar-refractivity contribution in [2.24, 2.45) is 11.1 Å². The SMILES string of the molecule is CCC(N=O)(c1cccnc1Nc1ccc(Cl)cc1)C1C=CC(Cl)=CC1. The standard InChI is InChI=1S/C20H19Cl2N3O/c1-2-20(25-26,14-5-7-15(21)8-6-14)18-4-3-13-23-19(18)24-17-11-9-16(22)10-12-17/h3-5,7-14H,2,6H2,1H3,(H,23,24). The molecule has 4 nitrogen and oxygen atoms in total. The molecule has 0 bridgehead atoms. The summed E-state index contributed by atoms with van der Waals surface area (Å²) in [6.45, 7) is 1.97. The van der Waals surface area contributed by atoms with Gasteiger partial charge in [-0.2, -0.15) is 0 Å². The molecule has 1 aliphatic carbocycles. The first-order valence-electron chi connectivity index (χ1n) is 8.45. The van der Waals surface area contributed by atoms with Crippen LogP contribution in [0.4, 0.5) is 11.5 Å². The molecule has 0 fully saturated rings. The van der Waals surface area contributed by atoms with Crippen LogP contribution in [-0.4, -0.2) is 4.98 Å². The predicted octanol–water partition coefficient (Wildman–Crippen LogP) is 6.55. The third-order valence-electron chi connectivity index (χ3n) is 4.75. The fourth-order valence-electron chi connectivity index (χ4n) is 3.31. The zero-order chi connectivity index (χ0) is 18.6. The summed E-state index contributed by atoms with van der Waals surface area (Å²) in [5.41, 5.74) is 0.689. The maximum absolute atomic E-state index is 12.1. The summed E-state index contributed by atoms with van der Waals surface area (Å²) in [5, 5.41) is 8.23. The molecule has 0 amide bonds. The molecule has 0 saturated carbocycles. The van der Waals surface area contributed by atoms with Crippen LogP contribution in [-0.2, 0) is 5.54 Å². The number of nitrogens with zero attached hydrogens (tertiary/aromatic N) is 2. The lowest BCUT2D eigenvalue weighted by Gasteiger charge is -2.34. The lowest BCUT2D eigenvalue weighted by molar-refractivity contribution is 0.315. The third-order valence-corrected chi connectivity index (χ3v) is 5.28. The third kappa shape index (κ3) is 3.67. The molecule has 1 N–H and O–H groups in total. The van der Waals surface area contributed by atoms with Gasteiger partial charge in [0, 0.05) is 33.4 Å². The van der Waals surface area contributed by atoms with E-state index in [0.717, 1.165) is 11.3 Å². The number of allylic oxidation sites excluding steroid dienone is 3. The topological polar surface area (TPSA) is 54.4 Å². The van der Waals surface area contributed by atoms with E-state index in [-0.39, 0.29) is 5.92 Å². The fraction of sp³-hybridized carbons (Fsp3) is 0.250. The number of aromatic nitrogens is 1. The number of rotatable bonds is 6. The van der Waals surface area contributed by atoms with Crippen molar-refractivity contribution in [1.82, 2.24) is 4.98 Å². The summed E-state index contributed by atoms with van der Waals surface area (Å²) in [4.78, 5) is 16.5. The molecule has 3 rings (SSSR count). The minimum Gasteiger partial charge on any atom is -0.340 e. The second-order valence-electron chi connectivity index (χ2n) is 6.19. The van der Waals surface area contributed by atoms with Crippen LogP contribution >= 0.6 is 23.2 Å². The van der Waals surface area contributed by atoms with Crippen molar-refractivity contribution >= 4 is 34.7 Å². The van der Waals surface area contributed by atoms with E-state index in [1.165, 1.54) is 0 Å². The van der Waals surface area contributed by atoms with E-state index in [4.69, 9.17) is 23.2 Å². The van der Waals surface area contributed by atoms with E-state index in [1.807, 2.05) is 49.4 Å². The van der Waals surface area contributed by atoms with E-state index >= 15 is 0 Å². The number of anilines is 2. The zero-order valence-corrected chi connectivity index (χ0v) is 15.8. The molecule has 6 heteroatoms. The minimum atomic E-state index is -0.923. The molecule has 26 heavy (non-hydrogen) atoms. The molecule has 0 aliphatic heterocycles. The van der Waals surface area contributed by atoms with E-state index in [2.05, 4.69) is 15.5 Å². The smallest absolute Gasteiger partial charge is 0.137 e. The van der Waals surface area contributed by atoms with Crippen molar-refractivity contribution in [1.29, 1.82) is 0 Å². The number of pyridine rings is 1. The van der Waals surface area contributed by atoms with Crippen LogP contribution in [0.2, 0.25) is 5.02 Å². The van der Waals surface area contributed by atoms with Crippen molar-refractivity contribution < 1.29 is 0 Å². The van der Waals surface area contributed by atoms with Crippen molar-refractivity contribution in [2.45, 2.75) is 25.3 Å². The molecule has 0 radical (unpaired) electrons. The fourth-order valence-corrected chi connectivity index (χ4v) is 3.59. The largest absolute Gasteiger partial charge is 0.340 e. The Hall–Kier alpha value is -2.17. The number of nitrogens with one attached hydrogen (secondary N) is 1.